The summed E-state index contributed by atoms with van der Waals surface area (Å²) in [6.45, 7) is 2.44. The van der Waals surface area contributed by atoms with Gasteiger partial charge in [-0.2, -0.15) is 5.10 Å². The molecule has 1 aromatic heterocycles. The van der Waals surface area contributed by atoms with Crippen LogP contribution in [0.4, 0.5) is 10.3 Å². The molecule has 0 radical (unpaired) electrons. The minimum atomic E-state index is -0.307. The van der Waals surface area contributed by atoms with Crippen LogP contribution in [0.5, 0.6) is 11.5 Å². The Balaban J connectivity index is 0.00000280. The largest absolute Gasteiger partial charge is 0.490 e. The molecule has 0 aliphatic heterocycles. The van der Waals surface area contributed by atoms with Gasteiger partial charge in [0.1, 0.15) is 18.8 Å². The predicted molar refractivity (Wildman–Crippen MR) is 107 cm³/mol. The number of halogens is 2. The fourth-order valence-electron chi connectivity index (χ4n) is 2.25. The molecule has 0 spiro atoms. The molecule has 8 nitrogen and oxygen atoms in total. The summed E-state index contributed by atoms with van der Waals surface area (Å²) in [6.07, 6.45) is 2.94. The van der Waals surface area contributed by atoms with Crippen molar-refractivity contribution in [1.82, 2.24) is 14.9 Å². The van der Waals surface area contributed by atoms with Gasteiger partial charge < -0.3 is 15.3 Å². The smallest absolute Gasteiger partial charge is 0.263 e. The highest BCUT2D eigenvalue weighted by Crippen LogP contribution is 2.29. The van der Waals surface area contributed by atoms with E-state index in [0.717, 1.165) is 5.56 Å². The molecule has 3 N–H and O–H groups in total. The first kappa shape index (κ1) is 21.0. The second-order valence-electron chi connectivity index (χ2n) is 5.45. The van der Waals surface area contributed by atoms with Crippen LogP contribution < -0.4 is 20.7 Å². The Morgan fingerprint density at radius 1 is 1.21 bits per heavy atom. The highest BCUT2D eigenvalue weighted by atomic mass is 35.5. The van der Waals surface area contributed by atoms with Gasteiger partial charge in [-0.15, -0.1) is 22.6 Å². The molecule has 0 aliphatic rings. The Labute approximate surface area is 167 Å². The molecule has 0 aliphatic carbocycles. The number of hydrazone groups is 1. The van der Waals surface area contributed by atoms with E-state index in [2.05, 4.69) is 20.7 Å². The maximum atomic E-state index is 13.7. The van der Waals surface area contributed by atoms with E-state index in [-0.39, 0.29) is 24.8 Å². The zero-order chi connectivity index (χ0) is 19.1. The molecule has 148 valence electrons. The van der Waals surface area contributed by atoms with Crippen molar-refractivity contribution in [3.63, 3.8) is 0 Å². The lowest BCUT2D eigenvalue weighted by atomic mass is 10.2. The van der Waals surface area contributed by atoms with Crippen LogP contribution in [0.3, 0.4) is 0 Å². The van der Waals surface area contributed by atoms with Crippen molar-refractivity contribution in [2.75, 3.05) is 17.9 Å². The van der Waals surface area contributed by atoms with Crippen molar-refractivity contribution in [3.8, 4) is 11.5 Å². The van der Waals surface area contributed by atoms with Crippen molar-refractivity contribution >= 4 is 24.6 Å². The minimum absolute atomic E-state index is 0. The number of rotatable bonds is 8. The van der Waals surface area contributed by atoms with E-state index >= 15 is 0 Å². The SMILES string of the molecule is CCOc1cc(C=NNc2nncn2N)ccc1OCc1ccccc1F.Cl. The van der Waals surface area contributed by atoms with Crippen LogP contribution in [0.25, 0.3) is 0 Å². The fourth-order valence-corrected chi connectivity index (χ4v) is 2.25. The first-order chi connectivity index (χ1) is 13.2. The third-order valence-electron chi connectivity index (χ3n) is 3.56. The maximum absolute atomic E-state index is 13.7. The molecule has 0 fully saturated rings. The lowest BCUT2D eigenvalue weighted by Gasteiger charge is -2.13. The molecular formula is C18H20ClFN6O2. The number of ether oxygens (including phenoxy) is 2. The Hall–Kier alpha value is -3.33. The van der Waals surface area contributed by atoms with Gasteiger partial charge in [0.25, 0.3) is 5.95 Å². The quantitative estimate of drug-likeness (QED) is 0.339. The van der Waals surface area contributed by atoms with Crippen LogP contribution in [0.2, 0.25) is 0 Å². The van der Waals surface area contributed by atoms with Gasteiger partial charge in [0.05, 0.1) is 12.8 Å². The van der Waals surface area contributed by atoms with Gasteiger partial charge in [-0.1, -0.05) is 18.2 Å². The third kappa shape index (κ3) is 5.34. The lowest BCUT2D eigenvalue weighted by Crippen LogP contribution is -2.10. The van der Waals surface area contributed by atoms with Crippen LogP contribution in [-0.2, 0) is 6.61 Å². The van der Waals surface area contributed by atoms with E-state index in [1.807, 2.05) is 6.92 Å². The van der Waals surface area contributed by atoms with E-state index in [9.17, 15) is 4.39 Å². The van der Waals surface area contributed by atoms with Gasteiger partial charge in [-0.3, -0.25) is 0 Å². The van der Waals surface area contributed by atoms with Crippen molar-refractivity contribution in [3.05, 3.63) is 65.7 Å². The average Bonchev–Trinajstić information content (AvgIpc) is 3.07. The van der Waals surface area contributed by atoms with E-state index in [4.69, 9.17) is 15.3 Å². The van der Waals surface area contributed by atoms with Gasteiger partial charge in [0.2, 0.25) is 0 Å². The standard InChI is InChI=1S/C18H19FN6O2.ClH/c1-2-26-17-9-13(10-21-23-18-24-22-12-25(18)20)7-8-16(17)27-11-14-5-3-4-6-15(14)19;/h3-10,12H,2,11,20H2,1H3,(H,23,24);1H. The molecule has 3 rings (SSSR count). The highest BCUT2D eigenvalue weighted by Gasteiger charge is 2.08. The molecule has 0 unspecified atom stereocenters. The summed E-state index contributed by atoms with van der Waals surface area (Å²) in [5, 5.41) is 11.5. The summed E-state index contributed by atoms with van der Waals surface area (Å²) in [5.41, 5.74) is 3.92. The summed E-state index contributed by atoms with van der Waals surface area (Å²) in [7, 11) is 0. The van der Waals surface area contributed by atoms with Crippen LogP contribution >= 0.6 is 12.4 Å². The Kier molecular flexibility index (Phi) is 7.58. The Bertz CT molecular complexity index is 934. The van der Waals surface area contributed by atoms with Gasteiger partial charge in [0, 0.05) is 5.56 Å². The van der Waals surface area contributed by atoms with E-state index in [0.29, 0.717) is 29.6 Å². The van der Waals surface area contributed by atoms with E-state index in [1.165, 1.54) is 17.1 Å². The van der Waals surface area contributed by atoms with Crippen molar-refractivity contribution in [2.24, 2.45) is 5.10 Å². The molecule has 0 saturated carbocycles. The molecule has 0 saturated heterocycles. The zero-order valence-electron chi connectivity index (χ0n) is 15.1. The number of benzene rings is 2. The molecular weight excluding hydrogens is 387 g/mol. The maximum Gasteiger partial charge on any atom is 0.263 e. The molecule has 2 aromatic carbocycles. The zero-order valence-corrected chi connectivity index (χ0v) is 15.9. The molecule has 28 heavy (non-hydrogen) atoms. The summed E-state index contributed by atoms with van der Waals surface area (Å²) in [6, 6.07) is 11.8. The monoisotopic (exact) mass is 406 g/mol. The predicted octanol–water partition coefficient (Wildman–Crippen LogP) is 2.98. The summed E-state index contributed by atoms with van der Waals surface area (Å²) in [4.78, 5) is 0. The van der Waals surface area contributed by atoms with Crippen LogP contribution in [0, 0.1) is 5.82 Å². The number of nitrogens with zero attached hydrogens (tertiary/aromatic N) is 4. The first-order valence-electron chi connectivity index (χ1n) is 8.24. The number of nitrogens with two attached hydrogens (primary N) is 1. The van der Waals surface area contributed by atoms with Gasteiger partial charge >= 0.3 is 0 Å². The molecule has 0 atom stereocenters. The van der Waals surface area contributed by atoms with Crippen molar-refractivity contribution in [2.45, 2.75) is 13.5 Å². The fraction of sp³-hybridized carbons (Fsp3) is 0.167. The van der Waals surface area contributed by atoms with E-state index < -0.39 is 0 Å². The van der Waals surface area contributed by atoms with Crippen LogP contribution in [-0.4, -0.2) is 27.7 Å². The second-order valence-corrected chi connectivity index (χ2v) is 5.45. The molecule has 0 amide bonds. The summed E-state index contributed by atoms with van der Waals surface area (Å²) in [5.74, 6) is 6.65. The highest BCUT2D eigenvalue weighted by molar-refractivity contribution is 5.85. The number of nitrogen functional groups attached to an aromatic ring is 1. The van der Waals surface area contributed by atoms with E-state index in [1.54, 1.807) is 42.6 Å². The normalized spacial score (nSPS) is 10.5. The number of hydrogen-bond donors (Lipinski definition) is 2. The Morgan fingerprint density at radius 2 is 2.04 bits per heavy atom. The number of hydrogen-bond acceptors (Lipinski definition) is 7. The summed E-state index contributed by atoms with van der Waals surface area (Å²) >= 11 is 0. The second kappa shape index (κ2) is 10.1. The number of aromatic nitrogens is 3. The minimum Gasteiger partial charge on any atom is -0.490 e. The molecule has 3 aromatic rings. The van der Waals surface area contributed by atoms with Gasteiger partial charge in [-0.25, -0.2) is 14.5 Å². The number of nitrogens with one attached hydrogen (secondary N) is 1. The third-order valence-corrected chi connectivity index (χ3v) is 3.56. The van der Waals surface area contributed by atoms with Crippen molar-refractivity contribution < 1.29 is 13.9 Å². The average molecular weight is 407 g/mol. The van der Waals surface area contributed by atoms with Gasteiger partial charge in [-0.05, 0) is 36.8 Å². The summed E-state index contributed by atoms with van der Waals surface area (Å²) < 4.78 is 26.3. The topological polar surface area (TPSA) is 99.6 Å². The van der Waals surface area contributed by atoms with Crippen LogP contribution in [0.15, 0.2) is 53.9 Å². The van der Waals surface area contributed by atoms with Crippen molar-refractivity contribution in [1.29, 1.82) is 0 Å². The molecule has 1 heterocycles. The first-order valence-corrected chi connectivity index (χ1v) is 8.24. The lowest BCUT2D eigenvalue weighted by molar-refractivity contribution is 0.266. The molecule has 10 heteroatoms. The molecule has 0 bridgehead atoms. The Morgan fingerprint density at radius 3 is 2.75 bits per heavy atom. The van der Waals surface area contributed by atoms with Crippen LogP contribution in [0.1, 0.15) is 18.1 Å². The number of anilines is 1. The van der Waals surface area contributed by atoms with Gasteiger partial charge in [0.15, 0.2) is 11.5 Å².